The van der Waals surface area contributed by atoms with Gasteiger partial charge in [-0.3, -0.25) is 9.78 Å². The number of hydrogen-bond donors (Lipinski definition) is 1. The van der Waals surface area contributed by atoms with Gasteiger partial charge in [-0.1, -0.05) is 0 Å². The summed E-state index contributed by atoms with van der Waals surface area (Å²) in [5, 5.41) is 11.3. The van der Waals surface area contributed by atoms with Gasteiger partial charge < -0.3 is 5.32 Å². The molecule has 82 valence electrons. The minimum absolute atomic E-state index is 0.257. The topological polar surface area (TPSA) is 78.7 Å². The Bertz CT molecular complexity index is 557. The molecule has 0 aliphatic carbocycles. The molecule has 0 radical (unpaired) electrons. The minimum Gasteiger partial charge on any atom is -0.319 e. The lowest BCUT2D eigenvalue weighted by Crippen LogP contribution is -2.13. The van der Waals surface area contributed by atoms with Crippen LogP contribution >= 0.6 is 0 Å². The third-order valence-corrected chi connectivity index (χ3v) is 2.04. The number of rotatable bonds is 2. The molecule has 17 heavy (non-hydrogen) atoms. The van der Waals surface area contributed by atoms with Crippen molar-refractivity contribution in [3.8, 4) is 6.07 Å². The fraction of sp³-hybridized carbons (Fsp3) is 0. The largest absolute Gasteiger partial charge is 0.319 e. The molecular weight excluding hydrogens is 216 g/mol. The summed E-state index contributed by atoms with van der Waals surface area (Å²) in [5.41, 5.74) is 1.28. The molecule has 0 spiro atoms. The third-order valence-electron chi connectivity index (χ3n) is 2.04. The number of hydrogen-bond acceptors (Lipinski definition) is 4. The smallest absolute Gasteiger partial charge is 0.274 e. The zero-order valence-electron chi connectivity index (χ0n) is 8.79. The van der Waals surface area contributed by atoms with Crippen molar-refractivity contribution in [2.45, 2.75) is 0 Å². The number of amides is 1. The van der Waals surface area contributed by atoms with Gasteiger partial charge >= 0.3 is 0 Å². The fourth-order valence-corrected chi connectivity index (χ4v) is 1.23. The van der Waals surface area contributed by atoms with Gasteiger partial charge in [0.05, 0.1) is 17.4 Å². The molecule has 0 atom stereocenters. The number of nitrogens with zero attached hydrogens (tertiary/aromatic N) is 3. The number of nitriles is 1. The Morgan fingerprint density at radius 1 is 1.29 bits per heavy atom. The quantitative estimate of drug-likeness (QED) is 0.840. The van der Waals surface area contributed by atoms with Crippen LogP contribution in [0.15, 0.2) is 42.9 Å². The Morgan fingerprint density at radius 3 is 2.76 bits per heavy atom. The van der Waals surface area contributed by atoms with Crippen molar-refractivity contribution in [2.24, 2.45) is 0 Å². The summed E-state index contributed by atoms with van der Waals surface area (Å²) >= 11 is 0. The maximum absolute atomic E-state index is 11.7. The van der Waals surface area contributed by atoms with E-state index in [9.17, 15) is 4.79 Å². The standard InChI is InChI=1S/C12H8N4O/c13-6-9-3-4-11(15-7-9)12(17)16-10-2-1-5-14-8-10/h1-5,7-8H,(H,16,17). The lowest BCUT2D eigenvalue weighted by molar-refractivity contribution is 0.102. The molecule has 0 aliphatic rings. The van der Waals surface area contributed by atoms with E-state index >= 15 is 0 Å². The summed E-state index contributed by atoms with van der Waals surface area (Å²) < 4.78 is 0. The van der Waals surface area contributed by atoms with Crippen molar-refractivity contribution in [2.75, 3.05) is 5.32 Å². The molecule has 0 aromatic carbocycles. The van der Waals surface area contributed by atoms with Gasteiger partial charge in [0.1, 0.15) is 11.8 Å². The number of carbonyl (C=O) groups is 1. The zero-order valence-corrected chi connectivity index (χ0v) is 8.79. The summed E-state index contributed by atoms with van der Waals surface area (Å²) in [6.07, 6.45) is 4.52. The van der Waals surface area contributed by atoms with Crippen LogP contribution in [0.5, 0.6) is 0 Å². The Balaban J connectivity index is 2.13. The first kappa shape index (κ1) is 10.8. The molecule has 0 unspecified atom stereocenters. The molecule has 2 aromatic rings. The molecular formula is C12H8N4O. The molecule has 5 nitrogen and oxygen atoms in total. The van der Waals surface area contributed by atoms with E-state index in [1.807, 2.05) is 6.07 Å². The molecule has 0 aliphatic heterocycles. The second-order valence-electron chi connectivity index (χ2n) is 3.24. The predicted octanol–water partition coefficient (Wildman–Crippen LogP) is 1.60. The van der Waals surface area contributed by atoms with Crippen molar-refractivity contribution in [3.05, 3.63) is 54.1 Å². The highest BCUT2D eigenvalue weighted by Gasteiger charge is 2.07. The second kappa shape index (κ2) is 4.86. The average molecular weight is 224 g/mol. The highest BCUT2D eigenvalue weighted by atomic mass is 16.1. The minimum atomic E-state index is -0.331. The molecule has 1 amide bonds. The van der Waals surface area contributed by atoms with Crippen LogP contribution in [0.25, 0.3) is 0 Å². The van der Waals surface area contributed by atoms with E-state index in [1.165, 1.54) is 12.3 Å². The first-order chi connectivity index (χ1) is 8.29. The van der Waals surface area contributed by atoms with Crippen LogP contribution in [0.3, 0.4) is 0 Å². The van der Waals surface area contributed by atoms with E-state index in [4.69, 9.17) is 5.26 Å². The SMILES string of the molecule is N#Cc1ccc(C(=O)Nc2cccnc2)nc1. The van der Waals surface area contributed by atoms with Gasteiger partial charge in [-0.2, -0.15) is 5.26 Å². The molecule has 5 heteroatoms. The van der Waals surface area contributed by atoms with Crippen LogP contribution in [0.4, 0.5) is 5.69 Å². The van der Waals surface area contributed by atoms with Crippen molar-refractivity contribution in [1.29, 1.82) is 5.26 Å². The van der Waals surface area contributed by atoms with Gasteiger partial charge in [-0.25, -0.2) is 4.98 Å². The zero-order chi connectivity index (χ0) is 12.1. The molecule has 2 heterocycles. The highest BCUT2D eigenvalue weighted by molar-refractivity contribution is 6.02. The molecule has 1 N–H and O–H groups in total. The second-order valence-corrected chi connectivity index (χ2v) is 3.24. The van der Waals surface area contributed by atoms with Crippen LogP contribution < -0.4 is 5.32 Å². The van der Waals surface area contributed by atoms with Crippen LogP contribution in [-0.2, 0) is 0 Å². The summed E-state index contributed by atoms with van der Waals surface area (Å²) in [4.78, 5) is 19.5. The van der Waals surface area contributed by atoms with Crippen LogP contribution in [-0.4, -0.2) is 15.9 Å². The van der Waals surface area contributed by atoms with Gasteiger partial charge in [0, 0.05) is 12.4 Å². The van der Waals surface area contributed by atoms with Gasteiger partial charge in [0.2, 0.25) is 0 Å². The van der Waals surface area contributed by atoms with Gasteiger partial charge in [0.25, 0.3) is 5.91 Å². The van der Waals surface area contributed by atoms with Crippen molar-refractivity contribution in [3.63, 3.8) is 0 Å². The summed E-state index contributed by atoms with van der Waals surface area (Å²) in [7, 11) is 0. The average Bonchev–Trinajstić information content (AvgIpc) is 2.40. The fourth-order valence-electron chi connectivity index (χ4n) is 1.23. The number of anilines is 1. The molecule has 2 rings (SSSR count). The summed E-state index contributed by atoms with van der Waals surface area (Å²) in [5.74, 6) is -0.331. The van der Waals surface area contributed by atoms with Gasteiger partial charge in [0.15, 0.2) is 0 Å². The molecule has 0 fully saturated rings. The van der Waals surface area contributed by atoms with E-state index in [0.717, 1.165) is 0 Å². The number of aromatic nitrogens is 2. The van der Waals surface area contributed by atoms with Crippen LogP contribution in [0, 0.1) is 11.3 Å². The lowest BCUT2D eigenvalue weighted by atomic mass is 10.2. The maximum atomic E-state index is 11.7. The van der Waals surface area contributed by atoms with Crippen LogP contribution in [0.2, 0.25) is 0 Å². The summed E-state index contributed by atoms with van der Waals surface area (Å²) in [6, 6.07) is 8.44. The van der Waals surface area contributed by atoms with E-state index in [2.05, 4.69) is 15.3 Å². The third kappa shape index (κ3) is 2.63. The molecule has 2 aromatic heterocycles. The van der Waals surface area contributed by atoms with E-state index in [0.29, 0.717) is 11.3 Å². The molecule has 0 saturated heterocycles. The van der Waals surface area contributed by atoms with Crippen LogP contribution in [0.1, 0.15) is 16.1 Å². The predicted molar refractivity (Wildman–Crippen MR) is 61.1 cm³/mol. The Hall–Kier alpha value is -2.74. The Labute approximate surface area is 97.8 Å². The Kier molecular flexibility index (Phi) is 3.08. The number of pyridine rings is 2. The first-order valence-electron chi connectivity index (χ1n) is 4.87. The van der Waals surface area contributed by atoms with Crippen molar-refractivity contribution in [1.82, 2.24) is 9.97 Å². The number of carbonyl (C=O) groups excluding carboxylic acids is 1. The maximum Gasteiger partial charge on any atom is 0.274 e. The normalized spacial score (nSPS) is 9.35. The van der Waals surface area contributed by atoms with E-state index in [1.54, 1.807) is 30.6 Å². The number of nitrogens with one attached hydrogen (secondary N) is 1. The Morgan fingerprint density at radius 2 is 2.18 bits per heavy atom. The lowest BCUT2D eigenvalue weighted by Gasteiger charge is -2.03. The van der Waals surface area contributed by atoms with E-state index in [-0.39, 0.29) is 11.6 Å². The summed E-state index contributed by atoms with van der Waals surface area (Å²) in [6.45, 7) is 0. The van der Waals surface area contributed by atoms with Crippen molar-refractivity contribution >= 4 is 11.6 Å². The highest BCUT2D eigenvalue weighted by Crippen LogP contribution is 2.06. The van der Waals surface area contributed by atoms with E-state index < -0.39 is 0 Å². The molecule has 0 bridgehead atoms. The van der Waals surface area contributed by atoms with Gasteiger partial charge in [-0.15, -0.1) is 0 Å². The van der Waals surface area contributed by atoms with Crippen molar-refractivity contribution < 1.29 is 4.79 Å². The molecule has 0 saturated carbocycles. The van der Waals surface area contributed by atoms with Gasteiger partial charge in [-0.05, 0) is 24.3 Å². The first-order valence-corrected chi connectivity index (χ1v) is 4.87. The monoisotopic (exact) mass is 224 g/mol.